The van der Waals surface area contributed by atoms with Crippen LogP contribution in [0.2, 0.25) is 0 Å². The third-order valence-electron chi connectivity index (χ3n) is 3.79. The quantitative estimate of drug-likeness (QED) is 0.690. The van der Waals surface area contributed by atoms with Crippen molar-refractivity contribution in [3.05, 3.63) is 29.6 Å². The van der Waals surface area contributed by atoms with Crippen LogP contribution in [0.15, 0.2) is 18.3 Å². The van der Waals surface area contributed by atoms with Crippen LogP contribution in [-0.2, 0) is 5.54 Å². The molecule has 3 rings (SSSR count). The van der Waals surface area contributed by atoms with Crippen molar-refractivity contribution in [2.75, 3.05) is 13.1 Å². The van der Waals surface area contributed by atoms with Gasteiger partial charge >= 0.3 is 0 Å². The van der Waals surface area contributed by atoms with Crippen LogP contribution in [0.1, 0.15) is 30.5 Å². The highest BCUT2D eigenvalue weighted by Crippen LogP contribution is 2.48. The fourth-order valence-corrected chi connectivity index (χ4v) is 2.96. The van der Waals surface area contributed by atoms with Gasteiger partial charge in [0.2, 0.25) is 0 Å². The Morgan fingerprint density at radius 1 is 1.40 bits per heavy atom. The van der Waals surface area contributed by atoms with Crippen molar-refractivity contribution >= 4 is 0 Å². The normalized spacial score (nSPS) is 29.3. The Morgan fingerprint density at radius 2 is 2.33 bits per heavy atom. The van der Waals surface area contributed by atoms with Gasteiger partial charge in [0.1, 0.15) is 6.07 Å². The molecule has 3 heteroatoms. The predicted molar refractivity (Wildman–Crippen MR) is 56.1 cm³/mol. The first-order chi connectivity index (χ1) is 7.37. The molecule has 0 spiro atoms. The molecule has 0 amide bonds. The van der Waals surface area contributed by atoms with Gasteiger partial charge in [0.25, 0.3) is 0 Å². The van der Waals surface area contributed by atoms with E-state index in [0.29, 0.717) is 0 Å². The summed E-state index contributed by atoms with van der Waals surface area (Å²) in [4.78, 5) is 6.91. The van der Waals surface area contributed by atoms with Gasteiger partial charge in [-0.15, -0.1) is 0 Å². The van der Waals surface area contributed by atoms with E-state index >= 15 is 0 Å². The summed E-state index contributed by atoms with van der Waals surface area (Å²) in [6.45, 7) is 2.34. The molecule has 0 saturated carbocycles. The van der Waals surface area contributed by atoms with Crippen molar-refractivity contribution in [3.8, 4) is 6.07 Å². The lowest BCUT2D eigenvalue weighted by Crippen LogP contribution is -2.53. The number of aromatic nitrogens is 1. The van der Waals surface area contributed by atoms with Gasteiger partial charge in [0.15, 0.2) is 0 Å². The third kappa shape index (κ3) is 1.06. The number of hydrogen-bond donors (Lipinski definition) is 0. The lowest BCUT2D eigenvalue weighted by Gasteiger charge is -2.48. The Kier molecular flexibility index (Phi) is 1.80. The summed E-state index contributed by atoms with van der Waals surface area (Å²) >= 11 is 0. The monoisotopic (exact) mass is 199 g/mol. The van der Waals surface area contributed by atoms with Crippen molar-refractivity contribution in [2.45, 2.75) is 24.8 Å². The summed E-state index contributed by atoms with van der Waals surface area (Å²) in [6.07, 6.45) is 5.37. The van der Waals surface area contributed by atoms with E-state index in [2.05, 4.69) is 16.0 Å². The first kappa shape index (κ1) is 8.87. The summed E-state index contributed by atoms with van der Waals surface area (Å²) in [5, 5.41) is 9.10. The zero-order chi connectivity index (χ0) is 10.3. The molecule has 2 saturated heterocycles. The molecule has 3 heterocycles. The lowest BCUT2D eigenvalue weighted by molar-refractivity contribution is 0.0202. The molecule has 1 unspecified atom stereocenters. The predicted octanol–water partition coefficient (Wildman–Crippen LogP) is 1.65. The minimum absolute atomic E-state index is 0.117. The maximum atomic E-state index is 9.10. The highest BCUT2D eigenvalue weighted by atomic mass is 15.3. The molecule has 1 aromatic heterocycles. The standard InChI is InChI=1S/C12H13N3/c13-9-10-3-1-6-14-11(10)12-4-2-7-15(12)8-5-12/h1,3,6H,2,4-5,7-8H2. The van der Waals surface area contributed by atoms with E-state index in [1.54, 1.807) is 6.20 Å². The number of rotatable bonds is 1. The zero-order valence-electron chi connectivity index (χ0n) is 8.61. The third-order valence-corrected chi connectivity index (χ3v) is 3.79. The number of pyridine rings is 1. The van der Waals surface area contributed by atoms with Crippen molar-refractivity contribution < 1.29 is 0 Å². The maximum Gasteiger partial charge on any atom is 0.101 e. The molecule has 2 aliphatic heterocycles. The van der Waals surface area contributed by atoms with E-state index in [9.17, 15) is 0 Å². The highest BCUT2D eigenvalue weighted by Gasteiger charge is 2.50. The molecule has 15 heavy (non-hydrogen) atoms. The molecule has 0 radical (unpaired) electrons. The summed E-state index contributed by atoms with van der Waals surface area (Å²) in [7, 11) is 0. The van der Waals surface area contributed by atoms with Crippen molar-refractivity contribution in [1.29, 1.82) is 5.26 Å². The minimum Gasteiger partial charge on any atom is -0.292 e. The van der Waals surface area contributed by atoms with E-state index < -0.39 is 0 Å². The average molecular weight is 199 g/mol. The van der Waals surface area contributed by atoms with Gasteiger partial charge in [-0.3, -0.25) is 9.88 Å². The van der Waals surface area contributed by atoms with Crippen LogP contribution in [-0.4, -0.2) is 23.0 Å². The number of nitrogens with zero attached hydrogens (tertiary/aromatic N) is 3. The zero-order valence-corrected chi connectivity index (χ0v) is 8.61. The van der Waals surface area contributed by atoms with Crippen molar-refractivity contribution in [3.63, 3.8) is 0 Å². The van der Waals surface area contributed by atoms with E-state index in [0.717, 1.165) is 11.3 Å². The molecule has 0 aromatic carbocycles. The van der Waals surface area contributed by atoms with Gasteiger partial charge in [0.05, 0.1) is 16.8 Å². The Morgan fingerprint density at radius 3 is 3.00 bits per heavy atom. The second-order valence-corrected chi connectivity index (χ2v) is 4.38. The molecule has 0 aliphatic carbocycles. The van der Waals surface area contributed by atoms with Crippen LogP contribution < -0.4 is 0 Å². The van der Waals surface area contributed by atoms with Crippen LogP contribution in [0.3, 0.4) is 0 Å². The Hall–Kier alpha value is -1.40. The molecule has 1 aromatic rings. The lowest BCUT2D eigenvalue weighted by atomic mass is 9.80. The molecule has 3 nitrogen and oxygen atoms in total. The SMILES string of the molecule is N#Cc1cccnc1C12CCCN1CC2. The summed E-state index contributed by atoms with van der Waals surface area (Å²) in [5.74, 6) is 0. The van der Waals surface area contributed by atoms with Crippen LogP contribution in [0.5, 0.6) is 0 Å². The smallest absolute Gasteiger partial charge is 0.101 e. The Labute approximate surface area is 89.3 Å². The van der Waals surface area contributed by atoms with Crippen LogP contribution >= 0.6 is 0 Å². The molecule has 1 atom stereocenters. The van der Waals surface area contributed by atoms with E-state index in [4.69, 9.17) is 5.26 Å². The molecule has 2 fully saturated rings. The van der Waals surface area contributed by atoms with E-state index in [1.165, 1.54) is 32.4 Å². The molecular formula is C12H13N3. The molecule has 0 bridgehead atoms. The summed E-state index contributed by atoms with van der Waals surface area (Å²) in [6, 6.07) is 5.99. The Balaban J connectivity index is 2.09. The van der Waals surface area contributed by atoms with Gasteiger partial charge < -0.3 is 0 Å². The number of nitriles is 1. The number of fused-ring (bicyclic) bond motifs is 1. The largest absolute Gasteiger partial charge is 0.292 e. The van der Waals surface area contributed by atoms with Gasteiger partial charge in [-0.25, -0.2) is 0 Å². The van der Waals surface area contributed by atoms with Crippen LogP contribution in [0, 0.1) is 11.3 Å². The van der Waals surface area contributed by atoms with Gasteiger partial charge in [0, 0.05) is 12.7 Å². The minimum atomic E-state index is 0.117. The van der Waals surface area contributed by atoms with Crippen LogP contribution in [0.4, 0.5) is 0 Å². The Bertz CT molecular complexity index is 435. The number of hydrogen-bond acceptors (Lipinski definition) is 3. The molecule has 0 N–H and O–H groups in total. The maximum absolute atomic E-state index is 9.10. The van der Waals surface area contributed by atoms with Crippen molar-refractivity contribution in [2.24, 2.45) is 0 Å². The first-order valence-electron chi connectivity index (χ1n) is 5.47. The van der Waals surface area contributed by atoms with Crippen LogP contribution in [0.25, 0.3) is 0 Å². The van der Waals surface area contributed by atoms with Crippen molar-refractivity contribution in [1.82, 2.24) is 9.88 Å². The second kappa shape index (κ2) is 3.04. The fraction of sp³-hybridized carbons (Fsp3) is 0.500. The van der Waals surface area contributed by atoms with E-state index in [1.807, 2.05) is 12.1 Å². The molecule has 76 valence electrons. The molecule has 2 aliphatic rings. The van der Waals surface area contributed by atoms with E-state index in [-0.39, 0.29) is 5.54 Å². The topological polar surface area (TPSA) is 39.9 Å². The summed E-state index contributed by atoms with van der Waals surface area (Å²) < 4.78 is 0. The average Bonchev–Trinajstić information content (AvgIpc) is 2.55. The van der Waals surface area contributed by atoms with Gasteiger partial charge in [-0.2, -0.15) is 5.26 Å². The highest BCUT2D eigenvalue weighted by molar-refractivity contribution is 5.39. The fourth-order valence-electron chi connectivity index (χ4n) is 2.96. The van der Waals surface area contributed by atoms with Gasteiger partial charge in [-0.05, 0) is 37.9 Å². The second-order valence-electron chi connectivity index (χ2n) is 4.38. The van der Waals surface area contributed by atoms with Gasteiger partial charge in [-0.1, -0.05) is 0 Å². The first-order valence-corrected chi connectivity index (χ1v) is 5.47. The molecular weight excluding hydrogens is 186 g/mol. The summed E-state index contributed by atoms with van der Waals surface area (Å²) in [5.41, 5.74) is 1.88.